The van der Waals surface area contributed by atoms with Crippen LogP contribution in [0.25, 0.3) is 0 Å². The van der Waals surface area contributed by atoms with Crippen molar-refractivity contribution >= 4 is 5.78 Å². The number of hydrogen-bond acceptors (Lipinski definition) is 3. The molecule has 3 nitrogen and oxygen atoms in total. The lowest BCUT2D eigenvalue weighted by atomic mass is 9.84. The molecular formula is C17H23NO2. The molecule has 3 unspecified atom stereocenters. The lowest BCUT2D eigenvalue weighted by Crippen LogP contribution is -2.37. The number of carbonyl (C=O) groups is 1. The summed E-state index contributed by atoms with van der Waals surface area (Å²) >= 11 is 0. The second-order valence-electron chi connectivity index (χ2n) is 5.90. The van der Waals surface area contributed by atoms with Crippen LogP contribution in [0.1, 0.15) is 49.4 Å². The summed E-state index contributed by atoms with van der Waals surface area (Å²) < 4.78 is 5.59. The molecule has 1 aliphatic heterocycles. The molecule has 1 saturated carbocycles. The Kier molecular flexibility index (Phi) is 4.06. The zero-order valence-corrected chi connectivity index (χ0v) is 12.1. The topological polar surface area (TPSA) is 38.3 Å². The predicted molar refractivity (Wildman–Crippen MR) is 79.2 cm³/mol. The molecule has 2 aliphatic rings. The Balaban J connectivity index is 1.76. The normalized spacial score (nSPS) is 28.9. The number of benzene rings is 1. The Bertz CT molecular complexity index is 472. The Morgan fingerprint density at radius 3 is 2.90 bits per heavy atom. The summed E-state index contributed by atoms with van der Waals surface area (Å²) in [6, 6.07) is 8.14. The number of Topliss-reactive ketones (excluding diaryl/α,β-unsaturated/α-hetero) is 1. The molecule has 3 atom stereocenters. The first kappa shape index (κ1) is 13.6. The Morgan fingerprint density at radius 1 is 1.30 bits per heavy atom. The van der Waals surface area contributed by atoms with Gasteiger partial charge in [0.1, 0.15) is 5.75 Å². The molecule has 3 heteroatoms. The highest BCUT2D eigenvalue weighted by Gasteiger charge is 2.38. The molecule has 1 heterocycles. The van der Waals surface area contributed by atoms with Crippen LogP contribution < -0.4 is 10.1 Å². The van der Waals surface area contributed by atoms with Crippen molar-refractivity contribution in [2.24, 2.45) is 5.92 Å². The van der Waals surface area contributed by atoms with Crippen molar-refractivity contribution in [1.29, 1.82) is 0 Å². The highest BCUT2D eigenvalue weighted by molar-refractivity contribution is 6.02. The Hall–Kier alpha value is -1.35. The van der Waals surface area contributed by atoms with E-state index in [0.717, 1.165) is 17.7 Å². The summed E-state index contributed by atoms with van der Waals surface area (Å²) in [6.45, 7) is 2.54. The van der Waals surface area contributed by atoms with E-state index in [0.29, 0.717) is 18.6 Å². The molecule has 0 amide bonds. The van der Waals surface area contributed by atoms with Crippen LogP contribution in [0.5, 0.6) is 5.75 Å². The summed E-state index contributed by atoms with van der Waals surface area (Å²) in [5, 5.41) is 3.56. The fourth-order valence-corrected chi connectivity index (χ4v) is 3.66. The zero-order valence-electron chi connectivity index (χ0n) is 12.1. The first-order chi connectivity index (χ1) is 9.79. The molecule has 1 aliphatic carbocycles. The van der Waals surface area contributed by atoms with Gasteiger partial charge in [-0.15, -0.1) is 0 Å². The average molecular weight is 273 g/mol. The first-order valence-electron chi connectivity index (χ1n) is 7.81. The van der Waals surface area contributed by atoms with Gasteiger partial charge in [0.2, 0.25) is 0 Å². The number of para-hydroxylation sites is 1. The van der Waals surface area contributed by atoms with Gasteiger partial charge in [-0.3, -0.25) is 4.79 Å². The summed E-state index contributed by atoms with van der Waals surface area (Å²) in [7, 11) is 0. The summed E-state index contributed by atoms with van der Waals surface area (Å²) in [6.07, 6.45) is 6.10. The third-order valence-corrected chi connectivity index (χ3v) is 4.63. The van der Waals surface area contributed by atoms with Gasteiger partial charge in [-0.25, -0.2) is 0 Å². The Morgan fingerprint density at radius 2 is 2.10 bits per heavy atom. The average Bonchev–Trinajstić information content (AvgIpc) is 2.91. The number of nitrogens with one attached hydrogen (secondary N) is 1. The molecule has 20 heavy (non-hydrogen) atoms. The van der Waals surface area contributed by atoms with Gasteiger partial charge in [0.25, 0.3) is 0 Å². The van der Waals surface area contributed by atoms with E-state index in [1.54, 1.807) is 0 Å². The van der Waals surface area contributed by atoms with Crippen molar-refractivity contribution in [1.82, 2.24) is 5.32 Å². The van der Waals surface area contributed by atoms with Crippen molar-refractivity contribution in [2.75, 3.05) is 6.61 Å². The van der Waals surface area contributed by atoms with E-state index < -0.39 is 0 Å². The van der Waals surface area contributed by atoms with E-state index in [1.165, 1.54) is 25.7 Å². The second kappa shape index (κ2) is 5.96. The number of rotatable bonds is 4. The number of ketones is 1. The Labute approximate surface area is 120 Å². The molecule has 1 aromatic carbocycles. The molecule has 1 aromatic rings. The molecule has 0 aromatic heterocycles. The smallest absolute Gasteiger partial charge is 0.183 e. The van der Waals surface area contributed by atoms with Gasteiger partial charge < -0.3 is 10.1 Å². The molecule has 108 valence electrons. The monoisotopic (exact) mass is 273 g/mol. The van der Waals surface area contributed by atoms with Gasteiger partial charge >= 0.3 is 0 Å². The van der Waals surface area contributed by atoms with Gasteiger partial charge in [-0.2, -0.15) is 0 Å². The van der Waals surface area contributed by atoms with E-state index in [2.05, 4.69) is 5.32 Å². The number of hydrogen-bond donors (Lipinski definition) is 1. The van der Waals surface area contributed by atoms with Crippen LogP contribution in [0.15, 0.2) is 24.3 Å². The van der Waals surface area contributed by atoms with Gasteiger partial charge in [-0.05, 0) is 44.2 Å². The van der Waals surface area contributed by atoms with E-state index in [9.17, 15) is 4.79 Å². The fourth-order valence-electron chi connectivity index (χ4n) is 3.66. The van der Waals surface area contributed by atoms with Crippen LogP contribution in [-0.2, 0) is 0 Å². The minimum absolute atomic E-state index is 0.0234. The van der Waals surface area contributed by atoms with Crippen LogP contribution in [0.2, 0.25) is 0 Å². The van der Waals surface area contributed by atoms with Crippen LogP contribution in [0.3, 0.4) is 0 Å². The molecule has 0 spiro atoms. The van der Waals surface area contributed by atoms with Gasteiger partial charge in [-0.1, -0.05) is 25.0 Å². The molecule has 1 N–H and O–H groups in total. The number of ether oxygens (including phenoxy) is 1. The zero-order chi connectivity index (χ0) is 13.9. The van der Waals surface area contributed by atoms with Crippen molar-refractivity contribution in [3.05, 3.63) is 29.8 Å². The van der Waals surface area contributed by atoms with Crippen LogP contribution >= 0.6 is 0 Å². The van der Waals surface area contributed by atoms with Crippen LogP contribution in [0, 0.1) is 5.92 Å². The quantitative estimate of drug-likeness (QED) is 0.856. The summed E-state index contributed by atoms with van der Waals surface area (Å²) in [5.74, 6) is 1.61. The van der Waals surface area contributed by atoms with Gasteiger partial charge in [0.05, 0.1) is 18.2 Å². The third kappa shape index (κ3) is 2.59. The SMILES string of the molecule is CCOc1ccccc1C(=O)C1CC2CCCCC2N1. The van der Waals surface area contributed by atoms with Crippen molar-refractivity contribution in [2.45, 2.75) is 51.1 Å². The highest BCUT2D eigenvalue weighted by Crippen LogP contribution is 2.35. The fraction of sp³-hybridized carbons (Fsp3) is 0.588. The highest BCUT2D eigenvalue weighted by atomic mass is 16.5. The number of fused-ring (bicyclic) bond motifs is 1. The van der Waals surface area contributed by atoms with Crippen molar-refractivity contribution < 1.29 is 9.53 Å². The first-order valence-corrected chi connectivity index (χ1v) is 7.81. The van der Waals surface area contributed by atoms with E-state index in [1.807, 2.05) is 31.2 Å². The third-order valence-electron chi connectivity index (χ3n) is 4.63. The van der Waals surface area contributed by atoms with Crippen molar-refractivity contribution in [3.8, 4) is 5.75 Å². The van der Waals surface area contributed by atoms with Crippen molar-refractivity contribution in [3.63, 3.8) is 0 Å². The summed E-state index contributed by atoms with van der Waals surface area (Å²) in [5.41, 5.74) is 0.727. The lowest BCUT2D eigenvalue weighted by Gasteiger charge is -2.24. The maximum Gasteiger partial charge on any atom is 0.183 e. The lowest BCUT2D eigenvalue weighted by molar-refractivity contribution is 0.0945. The van der Waals surface area contributed by atoms with Gasteiger partial charge in [0, 0.05) is 6.04 Å². The standard InChI is InChI=1S/C17H23NO2/c1-2-20-16-10-6-4-8-13(16)17(19)15-11-12-7-3-5-9-14(12)18-15/h4,6,8,10,12,14-15,18H,2-3,5,7,9,11H2,1H3. The van der Waals surface area contributed by atoms with Gasteiger partial charge in [0.15, 0.2) is 5.78 Å². The molecule has 3 rings (SSSR count). The van der Waals surface area contributed by atoms with E-state index >= 15 is 0 Å². The van der Waals surface area contributed by atoms with E-state index in [4.69, 9.17) is 4.74 Å². The molecular weight excluding hydrogens is 250 g/mol. The summed E-state index contributed by atoms with van der Waals surface area (Å²) in [4.78, 5) is 12.7. The molecule has 0 bridgehead atoms. The van der Waals surface area contributed by atoms with Crippen LogP contribution in [0.4, 0.5) is 0 Å². The minimum atomic E-state index is -0.0234. The van der Waals surface area contributed by atoms with Crippen LogP contribution in [-0.4, -0.2) is 24.5 Å². The molecule has 0 radical (unpaired) electrons. The molecule has 2 fully saturated rings. The maximum absolute atomic E-state index is 12.7. The number of carbonyl (C=O) groups excluding carboxylic acids is 1. The minimum Gasteiger partial charge on any atom is -0.493 e. The second-order valence-corrected chi connectivity index (χ2v) is 5.90. The maximum atomic E-state index is 12.7. The predicted octanol–water partition coefficient (Wildman–Crippen LogP) is 3.19. The largest absolute Gasteiger partial charge is 0.493 e. The van der Waals surface area contributed by atoms with E-state index in [-0.39, 0.29) is 11.8 Å². The molecule has 1 saturated heterocycles.